The maximum absolute atomic E-state index is 12.5. The van der Waals surface area contributed by atoms with Crippen LogP contribution in [0.4, 0.5) is 5.82 Å². The molecule has 1 amide bonds. The molecule has 3 nitrogen and oxygen atoms in total. The number of carbonyl (C=O) groups is 1. The SMILES string of the molecule is O=C(Nc1ncccc1Br)C1CCCc2ccccc21. The zero-order valence-corrected chi connectivity index (χ0v) is 12.6. The molecule has 0 radical (unpaired) electrons. The van der Waals surface area contributed by atoms with E-state index in [-0.39, 0.29) is 11.8 Å². The molecular weight excluding hydrogens is 316 g/mol. The zero-order chi connectivity index (χ0) is 13.9. The largest absolute Gasteiger partial charge is 0.309 e. The Kier molecular flexibility index (Phi) is 3.83. The molecular formula is C16H15BrN2O. The lowest BCUT2D eigenvalue weighted by Crippen LogP contribution is -2.25. The quantitative estimate of drug-likeness (QED) is 0.907. The average molecular weight is 331 g/mol. The van der Waals surface area contributed by atoms with Crippen LogP contribution in [0.15, 0.2) is 47.1 Å². The molecule has 4 heteroatoms. The lowest BCUT2D eigenvalue weighted by atomic mass is 9.82. The predicted octanol–water partition coefficient (Wildman–Crippen LogP) is 3.90. The van der Waals surface area contributed by atoms with Crippen LogP contribution in [-0.2, 0) is 11.2 Å². The molecule has 0 bridgehead atoms. The summed E-state index contributed by atoms with van der Waals surface area (Å²) in [4.78, 5) is 16.7. The summed E-state index contributed by atoms with van der Waals surface area (Å²) in [6.45, 7) is 0. The van der Waals surface area contributed by atoms with Gasteiger partial charge in [-0.25, -0.2) is 4.98 Å². The minimum Gasteiger partial charge on any atom is -0.309 e. The molecule has 0 fully saturated rings. The van der Waals surface area contributed by atoms with Gasteiger partial charge in [-0.05, 0) is 58.5 Å². The minimum atomic E-state index is -0.0751. The molecule has 20 heavy (non-hydrogen) atoms. The Balaban J connectivity index is 1.84. The zero-order valence-electron chi connectivity index (χ0n) is 11.0. The van der Waals surface area contributed by atoms with Crippen molar-refractivity contribution in [2.75, 3.05) is 5.32 Å². The van der Waals surface area contributed by atoms with E-state index in [4.69, 9.17) is 0 Å². The van der Waals surface area contributed by atoms with E-state index in [1.54, 1.807) is 6.20 Å². The van der Waals surface area contributed by atoms with Crippen LogP contribution in [0.25, 0.3) is 0 Å². The maximum atomic E-state index is 12.5. The minimum absolute atomic E-state index is 0.0246. The van der Waals surface area contributed by atoms with Crippen LogP contribution in [0, 0.1) is 0 Å². The lowest BCUT2D eigenvalue weighted by Gasteiger charge is -2.24. The van der Waals surface area contributed by atoms with Crippen molar-refractivity contribution in [3.05, 3.63) is 58.2 Å². The van der Waals surface area contributed by atoms with Crippen molar-refractivity contribution < 1.29 is 4.79 Å². The number of aromatic nitrogens is 1. The van der Waals surface area contributed by atoms with Crippen molar-refractivity contribution in [1.82, 2.24) is 4.98 Å². The highest BCUT2D eigenvalue weighted by Gasteiger charge is 2.26. The Morgan fingerprint density at radius 1 is 1.25 bits per heavy atom. The first-order valence-corrected chi connectivity index (χ1v) is 7.54. The Morgan fingerprint density at radius 3 is 2.95 bits per heavy atom. The van der Waals surface area contributed by atoms with Gasteiger partial charge in [-0.2, -0.15) is 0 Å². The number of halogens is 1. The Hall–Kier alpha value is -1.68. The highest BCUT2D eigenvalue weighted by atomic mass is 79.9. The number of fused-ring (bicyclic) bond motifs is 1. The van der Waals surface area contributed by atoms with Crippen LogP contribution in [0.1, 0.15) is 29.9 Å². The number of pyridine rings is 1. The molecule has 1 aliphatic carbocycles. The summed E-state index contributed by atoms with van der Waals surface area (Å²) >= 11 is 3.40. The number of benzene rings is 1. The van der Waals surface area contributed by atoms with E-state index >= 15 is 0 Å². The molecule has 1 aliphatic rings. The van der Waals surface area contributed by atoms with Crippen LogP contribution in [-0.4, -0.2) is 10.9 Å². The van der Waals surface area contributed by atoms with Crippen LogP contribution in [0.2, 0.25) is 0 Å². The highest BCUT2D eigenvalue weighted by Crippen LogP contribution is 2.32. The van der Waals surface area contributed by atoms with Crippen molar-refractivity contribution in [1.29, 1.82) is 0 Å². The lowest BCUT2D eigenvalue weighted by molar-refractivity contribution is -0.117. The summed E-state index contributed by atoms with van der Waals surface area (Å²) in [5.41, 5.74) is 2.45. The molecule has 1 aromatic carbocycles. The molecule has 1 aromatic heterocycles. The molecule has 2 aromatic rings. The van der Waals surface area contributed by atoms with Crippen molar-refractivity contribution in [2.24, 2.45) is 0 Å². The van der Waals surface area contributed by atoms with Gasteiger partial charge >= 0.3 is 0 Å². The number of aryl methyl sites for hydroxylation is 1. The normalized spacial score (nSPS) is 17.4. The maximum Gasteiger partial charge on any atom is 0.233 e. The number of rotatable bonds is 2. The van der Waals surface area contributed by atoms with E-state index in [2.05, 4.69) is 38.4 Å². The van der Waals surface area contributed by atoms with Crippen molar-refractivity contribution in [3.8, 4) is 0 Å². The number of nitrogens with zero attached hydrogens (tertiary/aromatic N) is 1. The number of hydrogen-bond acceptors (Lipinski definition) is 2. The summed E-state index contributed by atoms with van der Waals surface area (Å²) in [7, 11) is 0. The standard InChI is InChI=1S/C16H15BrN2O/c17-14-9-4-10-18-15(14)19-16(20)13-8-3-6-11-5-1-2-7-12(11)13/h1-2,4-5,7,9-10,13H,3,6,8H2,(H,18,19,20). The van der Waals surface area contributed by atoms with Gasteiger partial charge in [0.25, 0.3) is 0 Å². The van der Waals surface area contributed by atoms with Gasteiger partial charge in [0.2, 0.25) is 5.91 Å². The summed E-state index contributed by atoms with van der Waals surface area (Å²) < 4.78 is 0.803. The number of anilines is 1. The van der Waals surface area contributed by atoms with Crippen molar-refractivity contribution >= 4 is 27.7 Å². The molecule has 0 saturated heterocycles. The van der Waals surface area contributed by atoms with Crippen LogP contribution < -0.4 is 5.32 Å². The van der Waals surface area contributed by atoms with E-state index in [1.807, 2.05) is 24.3 Å². The Bertz CT molecular complexity index is 642. The van der Waals surface area contributed by atoms with E-state index in [1.165, 1.54) is 5.56 Å². The second-order valence-corrected chi connectivity index (χ2v) is 5.82. The molecule has 1 heterocycles. The fraction of sp³-hybridized carbons (Fsp3) is 0.250. The first-order valence-electron chi connectivity index (χ1n) is 6.75. The fourth-order valence-corrected chi connectivity index (χ4v) is 3.06. The third-order valence-corrected chi connectivity index (χ3v) is 4.33. The first-order chi connectivity index (χ1) is 9.75. The summed E-state index contributed by atoms with van der Waals surface area (Å²) in [5.74, 6) is 0.533. The van der Waals surface area contributed by atoms with Crippen LogP contribution in [0.5, 0.6) is 0 Å². The highest BCUT2D eigenvalue weighted by molar-refractivity contribution is 9.10. The second kappa shape index (κ2) is 5.75. The van der Waals surface area contributed by atoms with Crippen LogP contribution in [0.3, 0.4) is 0 Å². The molecule has 1 atom stereocenters. The van der Waals surface area contributed by atoms with E-state index in [0.717, 1.165) is 29.3 Å². The van der Waals surface area contributed by atoms with Gasteiger partial charge in [-0.3, -0.25) is 4.79 Å². The van der Waals surface area contributed by atoms with E-state index < -0.39 is 0 Å². The monoisotopic (exact) mass is 330 g/mol. The summed E-state index contributed by atoms with van der Waals surface area (Å²) in [5, 5.41) is 2.92. The van der Waals surface area contributed by atoms with Crippen LogP contribution >= 0.6 is 15.9 Å². The average Bonchev–Trinajstić information content (AvgIpc) is 2.49. The molecule has 0 aliphatic heterocycles. The third-order valence-electron chi connectivity index (χ3n) is 3.69. The number of carbonyl (C=O) groups excluding carboxylic acids is 1. The van der Waals surface area contributed by atoms with Gasteiger partial charge in [0.1, 0.15) is 5.82 Å². The molecule has 1 N–H and O–H groups in total. The van der Waals surface area contributed by atoms with Gasteiger partial charge in [-0.1, -0.05) is 24.3 Å². The van der Waals surface area contributed by atoms with Gasteiger partial charge in [0.05, 0.1) is 10.4 Å². The summed E-state index contributed by atoms with van der Waals surface area (Å²) in [6, 6.07) is 11.9. The number of nitrogens with one attached hydrogen (secondary N) is 1. The second-order valence-electron chi connectivity index (χ2n) is 4.97. The van der Waals surface area contributed by atoms with Gasteiger partial charge in [-0.15, -0.1) is 0 Å². The van der Waals surface area contributed by atoms with Gasteiger partial charge in [0, 0.05) is 6.20 Å². The third kappa shape index (κ3) is 2.61. The number of hydrogen-bond donors (Lipinski definition) is 1. The smallest absolute Gasteiger partial charge is 0.233 e. The summed E-state index contributed by atoms with van der Waals surface area (Å²) in [6.07, 6.45) is 4.69. The molecule has 102 valence electrons. The predicted molar refractivity (Wildman–Crippen MR) is 82.7 cm³/mol. The molecule has 1 unspecified atom stereocenters. The Labute approximate surface area is 126 Å². The molecule has 3 rings (SSSR count). The van der Waals surface area contributed by atoms with E-state index in [0.29, 0.717) is 5.82 Å². The van der Waals surface area contributed by atoms with Gasteiger partial charge in [0.15, 0.2) is 0 Å². The first kappa shape index (κ1) is 13.3. The fourth-order valence-electron chi connectivity index (χ4n) is 2.71. The van der Waals surface area contributed by atoms with Crippen molar-refractivity contribution in [2.45, 2.75) is 25.2 Å². The molecule has 0 spiro atoms. The topological polar surface area (TPSA) is 42.0 Å². The van der Waals surface area contributed by atoms with Gasteiger partial charge < -0.3 is 5.32 Å². The molecule has 0 saturated carbocycles. The van der Waals surface area contributed by atoms with Crippen molar-refractivity contribution in [3.63, 3.8) is 0 Å². The van der Waals surface area contributed by atoms with E-state index in [9.17, 15) is 4.79 Å². The number of amides is 1. The Morgan fingerprint density at radius 2 is 2.10 bits per heavy atom.